The molecule has 0 amide bonds. The van der Waals surface area contributed by atoms with Crippen molar-refractivity contribution < 1.29 is 4.79 Å². The summed E-state index contributed by atoms with van der Waals surface area (Å²) in [5, 5.41) is 3.42. The van der Waals surface area contributed by atoms with Crippen LogP contribution >= 0.6 is 0 Å². The summed E-state index contributed by atoms with van der Waals surface area (Å²) in [7, 11) is 0. The average molecular weight is 293 g/mol. The van der Waals surface area contributed by atoms with Crippen molar-refractivity contribution in [3.8, 4) is 0 Å². The van der Waals surface area contributed by atoms with Crippen LogP contribution in [-0.4, -0.2) is 11.3 Å². The van der Waals surface area contributed by atoms with Gasteiger partial charge in [0.2, 0.25) is 0 Å². The molecule has 114 valence electrons. The highest BCUT2D eigenvalue weighted by molar-refractivity contribution is 6.08. The Morgan fingerprint density at radius 3 is 2.05 bits per heavy atom. The highest BCUT2D eigenvalue weighted by Gasteiger charge is 2.14. The largest absolute Gasteiger partial charge is 0.380 e. The van der Waals surface area contributed by atoms with E-state index in [1.807, 2.05) is 61.5 Å². The fraction of sp³-hybridized carbons (Fsp3) is 0.250. The molecule has 2 rings (SSSR count). The van der Waals surface area contributed by atoms with Crippen molar-refractivity contribution in [1.29, 1.82) is 0 Å². The SMILES string of the molecule is Cc1ccc(C(=O)/C=C(\NC(C)(C)C)c2ccccc2)cc1. The molecule has 0 aromatic heterocycles. The Morgan fingerprint density at radius 2 is 1.50 bits per heavy atom. The fourth-order valence-electron chi connectivity index (χ4n) is 2.15. The molecule has 0 saturated heterocycles. The number of hydrogen-bond donors (Lipinski definition) is 1. The van der Waals surface area contributed by atoms with Gasteiger partial charge in [0, 0.05) is 22.9 Å². The van der Waals surface area contributed by atoms with Crippen molar-refractivity contribution in [1.82, 2.24) is 5.32 Å². The summed E-state index contributed by atoms with van der Waals surface area (Å²) in [5.74, 6) is 0.00982. The Hall–Kier alpha value is -2.35. The zero-order chi connectivity index (χ0) is 16.2. The van der Waals surface area contributed by atoms with Gasteiger partial charge < -0.3 is 5.32 Å². The van der Waals surface area contributed by atoms with Crippen molar-refractivity contribution in [3.63, 3.8) is 0 Å². The van der Waals surface area contributed by atoms with Crippen LogP contribution in [0.5, 0.6) is 0 Å². The summed E-state index contributed by atoms with van der Waals surface area (Å²) in [6, 6.07) is 17.6. The van der Waals surface area contributed by atoms with Gasteiger partial charge in [-0.25, -0.2) is 0 Å². The molecule has 0 heterocycles. The third kappa shape index (κ3) is 4.59. The summed E-state index contributed by atoms with van der Waals surface area (Å²) in [5.41, 5.74) is 3.60. The molecule has 22 heavy (non-hydrogen) atoms. The topological polar surface area (TPSA) is 29.1 Å². The lowest BCUT2D eigenvalue weighted by atomic mass is 10.0. The van der Waals surface area contributed by atoms with Crippen LogP contribution in [0.15, 0.2) is 60.7 Å². The number of aryl methyl sites for hydroxylation is 1. The fourth-order valence-corrected chi connectivity index (χ4v) is 2.15. The van der Waals surface area contributed by atoms with Gasteiger partial charge in [0.15, 0.2) is 5.78 Å². The Bertz CT molecular complexity index is 661. The van der Waals surface area contributed by atoms with Crippen LogP contribution in [0.25, 0.3) is 5.70 Å². The minimum atomic E-state index is -0.116. The van der Waals surface area contributed by atoms with Gasteiger partial charge in [-0.05, 0) is 33.3 Å². The first-order valence-electron chi connectivity index (χ1n) is 7.51. The zero-order valence-corrected chi connectivity index (χ0v) is 13.7. The third-order valence-corrected chi connectivity index (χ3v) is 3.21. The first-order chi connectivity index (χ1) is 10.3. The van der Waals surface area contributed by atoms with Crippen molar-refractivity contribution in [2.45, 2.75) is 33.2 Å². The highest BCUT2D eigenvalue weighted by Crippen LogP contribution is 2.17. The molecular formula is C20H23NO. The Labute approximate surface area is 132 Å². The van der Waals surface area contributed by atoms with Gasteiger partial charge in [0.1, 0.15) is 0 Å². The highest BCUT2D eigenvalue weighted by atomic mass is 16.1. The molecule has 2 heteroatoms. The summed E-state index contributed by atoms with van der Waals surface area (Å²) in [4.78, 5) is 12.5. The lowest BCUT2D eigenvalue weighted by Gasteiger charge is -2.24. The van der Waals surface area contributed by atoms with E-state index in [0.29, 0.717) is 5.56 Å². The Balaban J connectivity index is 2.35. The predicted molar refractivity (Wildman–Crippen MR) is 92.8 cm³/mol. The molecule has 1 N–H and O–H groups in total. The van der Waals surface area contributed by atoms with Crippen LogP contribution in [0.4, 0.5) is 0 Å². The predicted octanol–water partition coefficient (Wildman–Crippen LogP) is 4.61. The number of benzene rings is 2. The van der Waals surface area contributed by atoms with Crippen LogP contribution in [-0.2, 0) is 0 Å². The smallest absolute Gasteiger partial charge is 0.187 e. The monoisotopic (exact) mass is 293 g/mol. The van der Waals surface area contributed by atoms with Crippen molar-refractivity contribution >= 4 is 11.5 Å². The lowest BCUT2D eigenvalue weighted by Crippen LogP contribution is -2.34. The Kier molecular flexibility index (Phi) is 4.81. The summed E-state index contributed by atoms with van der Waals surface area (Å²) >= 11 is 0. The summed E-state index contributed by atoms with van der Waals surface area (Å²) in [6.45, 7) is 8.26. The van der Waals surface area contributed by atoms with Crippen LogP contribution in [0.1, 0.15) is 42.3 Å². The number of ketones is 1. The van der Waals surface area contributed by atoms with E-state index in [1.165, 1.54) is 0 Å². The van der Waals surface area contributed by atoms with E-state index < -0.39 is 0 Å². The molecule has 0 spiro atoms. The maximum Gasteiger partial charge on any atom is 0.187 e. The van der Waals surface area contributed by atoms with Gasteiger partial charge in [-0.15, -0.1) is 0 Å². The van der Waals surface area contributed by atoms with E-state index in [9.17, 15) is 4.79 Å². The lowest BCUT2D eigenvalue weighted by molar-refractivity contribution is 0.104. The average Bonchev–Trinajstić information content (AvgIpc) is 2.47. The van der Waals surface area contributed by atoms with Gasteiger partial charge >= 0.3 is 0 Å². The molecule has 0 saturated carbocycles. The quantitative estimate of drug-likeness (QED) is 0.659. The molecule has 0 unspecified atom stereocenters. The normalized spacial score (nSPS) is 12.1. The van der Waals surface area contributed by atoms with E-state index in [-0.39, 0.29) is 11.3 Å². The van der Waals surface area contributed by atoms with Gasteiger partial charge in [0.25, 0.3) is 0 Å². The molecule has 0 aliphatic heterocycles. The third-order valence-electron chi connectivity index (χ3n) is 3.21. The van der Waals surface area contributed by atoms with E-state index in [2.05, 4.69) is 26.1 Å². The number of nitrogens with one attached hydrogen (secondary N) is 1. The molecular weight excluding hydrogens is 270 g/mol. The van der Waals surface area contributed by atoms with Gasteiger partial charge in [-0.1, -0.05) is 60.2 Å². The molecule has 0 aliphatic rings. The second-order valence-electron chi connectivity index (χ2n) is 6.53. The molecule has 0 atom stereocenters. The molecule has 2 aromatic rings. The van der Waals surface area contributed by atoms with Crippen LogP contribution in [0.3, 0.4) is 0 Å². The Morgan fingerprint density at radius 1 is 0.909 bits per heavy atom. The van der Waals surface area contributed by atoms with Crippen molar-refractivity contribution in [3.05, 3.63) is 77.4 Å². The number of carbonyl (C=O) groups excluding carboxylic acids is 1. The minimum Gasteiger partial charge on any atom is -0.380 e. The second kappa shape index (κ2) is 6.61. The summed E-state index contributed by atoms with van der Waals surface area (Å²) < 4.78 is 0. The van der Waals surface area contributed by atoms with Crippen LogP contribution < -0.4 is 5.32 Å². The van der Waals surface area contributed by atoms with E-state index in [0.717, 1.165) is 16.8 Å². The van der Waals surface area contributed by atoms with E-state index in [1.54, 1.807) is 6.08 Å². The van der Waals surface area contributed by atoms with Crippen molar-refractivity contribution in [2.24, 2.45) is 0 Å². The molecule has 0 aliphatic carbocycles. The summed E-state index contributed by atoms with van der Waals surface area (Å²) in [6.07, 6.45) is 1.69. The minimum absolute atomic E-state index is 0.00982. The molecule has 0 radical (unpaired) electrons. The molecule has 2 aromatic carbocycles. The zero-order valence-electron chi connectivity index (χ0n) is 13.7. The number of rotatable bonds is 4. The van der Waals surface area contributed by atoms with Crippen LogP contribution in [0.2, 0.25) is 0 Å². The van der Waals surface area contributed by atoms with Gasteiger partial charge in [-0.3, -0.25) is 4.79 Å². The van der Waals surface area contributed by atoms with Crippen molar-refractivity contribution in [2.75, 3.05) is 0 Å². The maximum atomic E-state index is 12.5. The van der Waals surface area contributed by atoms with Gasteiger partial charge in [0.05, 0.1) is 0 Å². The number of allylic oxidation sites excluding steroid dienone is 1. The van der Waals surface area contributed by atoms with E-state index >= 15 is 0 Å². The van der Waals surface area contributed by atoms with E-state index in [4.69, 9.17) is 0 Å². The molecule has 0 fully saturated rings. The maximum absolute atomic E-state index is 12.5. The molecule has 0 bridgehead atoms. The number of hydrogen-bond acceptors (Lipinski definition) is 2. The van der Waals surface area contributed by atoms with Crippen LogP contribution in [0, 0.1) is 6.92 Å². The first-order valence-corrected chi connectivity index (χ1v) is 7.51. The first kappa shape index (κ1) is 16.0. The molecule has 2 nitrogen and oxygen atoms in total. The van der Waals surface area contributed by atoms with Gasteiger partial charge in [-0.2, -0.15) is 0 Å². The standard InChI is InChI=1S/C20H23NO/c1-15-10-12-17(13-11-15)19(22)14-18(21-20(2,3)4)16-8-6-5-7-9-16/h5-14,21H,1-4H3/b18-14-. The second-order valence-corrected chi connectivity index (χ2v) is 6.53. The number of carbonyl (C=O) groups is 1.